The fourth-order valence-corrected chi connectivity index (χ4v) is 1.64. The van der Waals surface area contributed by atoms with Crippen molar-refractivity contribution in [2.75, 3.05) is 5.73 Å². The van der Waals surface area contributed by atoms with Crippen LogP contribution >= 0.6 is 0 Å². The third-order valence-corrected chi connectivity index (χ3v) is 2.33. The number of anilines is 1. The highest BCUT2D eigenvalue weighted by Gasteiger charge is 2.16. The number of hydrogen-bond donors (Lipinski definition) is 1. The van der Waals surface area contributed by atoms with Crippen molar-refractivity contribution in [3.05, 3.63) is 36.4 Å². The molecule has 4 nitrogen and oxygen atoms in total. The van der Waals surface area contributed by atoms with E-state index in [9.17, 15) is 0 Å². The van der Waals surface area contributed by atoms with Crippen molar-refractivity contribution >= 4 is 5.69 Å². The first-order valence-corrected chi connectivity index (χ1v) is 4.38. The lowest BCUT2D eigenvalue weighted by molar-refractivity contribution is 0.285. The monoisotopic (exact) mass is 187 g/mol. The second kappa shape index (κ2) is 2.51. The van der Waals surface area contributed by atoms with Crippen molar-refractivity contribution in [1.82, 2.24) is 9.55 Å². The van der Waals surface area contributed by atoms with Gasteiger partial charge in [-0.15, -0.1) is 0 Å². The summed E-state index contributed by atoms with van der Waals surface area (Å²) >= 11 is 0. The van der Waals surface area contributed by atoms with Crippen molar-refractivity contribution in [1.29, 1.82) is 0 Å². The molecule has 70 valence electrons. The van der Waals surface area contributed by atoms with Crippen molar-refractivity contribution in [2.45, 2.75) is 6.61 Å². The van der Waals surface area contributed by atoms with Crippen LogP contribution in [0, 0.1) is 0 Å². The molecule has 0 radical (unpaired) electrons. The van der Waals surface area contributed by atoms with Crippen LogP contribution in [0.5, 0.6) is 5.75 Å². The third-order valence-electron chi connectivity index (χ3n) is 2.33. The quantitative estimate of drug-likeness (QED) is 0.633. The van der Waals surface area contributed by atoms with Gasteiger partial charge in [-0.1, -0.05) is 0 Å². The molecule has 0 amide bonds. The molecule has 0 saturated heterocycles. The number of nitrogens with zero attached hydrogens (tertiary/aromatic N) is 2. The highest BCUT2D eigenvalue weighted by molar-refractivity contribution is 5.57. The van der Waals surface area contributed by atoms with Gasteiger partial charge in [-0.25, -0.2) is 4.98 Å². The second-order valence-electron chi connectivity index (χ2n) is 3.27. The maximum Gasteiger partial charge on any atom is 0.144 e. The van der Waals surface area contributed by atoms with Gasteiger partial charge < -0.3 is 10.5 Å². The molecule has 1 aromatic carbocycles. The van der Waals surface area contributed by atoms with E-state index in [2.05, 4.69) is 4.98 Å². The fraction of sp³-hybridized carbons (Fsp3) is 0.100. The minimum absolute atomic E-state index is 0.566. The lowest BCUT2D eigenvalue weighted by atomic mass is 10.2. The highest BCUT2D eigenvalue weighted by atomic mass is 16.5. The van der Waals surface area contributed by atoms with Gasteiger partial charge in [0.25, 0.3) is 0 Å². The van der Waals surface area contributed by atoms with Crippen LogP contribution in [0.2, 0.25) is 0 Å². The average molecular weight is 187 g/mol. The number of fused-ring (bicyclic) bond motifs is 3. The van der Waals surface area contributed by atoms with Gasteiger partial charge in [0.2, 0.25) is 0 Å². The molecule has 0 aliphatic carbocycles. The molecule has 0 saturated carbocycles. The molecule has 2 N–H and O–H groups in total. The number of imidazole rings is 1. The third kappa shape index (κ3) is 0.907. The molecule has 4 heteroatoms. The molecule has 2 heterocycles. The van der Waals surface area contributed by atoms with Gasteiger partial charge in [0.15, 0.2) is 0 Å². The summed E-state index contributed by atoms with van der Waals surface area (Å²) in [5, 5.41) is 0. The summed E-state index contributed by atoms with van der Waals surface area (Å²) in [6.45, 7) is 0.566. The van der Waals surface area contributed by atoms with Crippen LogP contribution in [0.4, 0.5) is 5.69 Å². The van der Waals surface area contributed by atoms with E-state index < -0.39 is 0 Å². The predicted molar refractivity (Wildman–Crippen MR) is 52.3 cm³/mol. The second-order valence-corrected chi connectivity index (χ2v) is 3.27. The molecule has 14 heavy (non-hydrogen) atoms. The Labute approximate surface area is 80.9 Å². The number of nitrogens with two attached hydrogens (primary N) is 1. The van der Waals surface area contributed by atoms with Gasteiger partial charge in [0.05, 0.1) is 23.9 Å². The molecule has 0 atom stereocenters. The zero-order valence-corrected chi connectivity index (χ0v) is 7.47. The molecule has 1 aliphatic rings. The smallest absolute Gasteiger partial charge is 0.144 e. The number of aromatic nitrogens is 2. The molecule has 1 aromatic heterocycles. The average Bonchev–Trinajstić information content (AvgIpc) is 2.65. The van der Waals surface area contributed by atoms with Crippen LogP contribution in [0.15, 0.2) is 30.7 Å². The summed E-state index contributed by atoms with van der Waals surface area (Å²) in [7, 11) is 0. The fourth-order valence-electron chi connectivity index (χ4n) is 1.64. The van der Waals surface area contributed by atoms with E-state index in [4.69, 9.17) is 10.5 Å². The number of hydrogen-bond acceptors (Lipinski definition) is 3. The highest BCUT2D eigenvalue weighted by Crippen LogP contribution is 2.30. The van der Waals surface area contributed by atoms with E-state index in [0.29, 0.717) is 6.61 Å². The minimum atomic E-state index is 0.566. The number of ether oxygens (including phenoxy) is 1. The van der Waals surface area contributed by atoms with E-state index in [0.717, 1.165) is 22.8 Å². The van der Waals surface area contributed by atoms with Crippen molar-refractivity contribution < 1.29 is 4.74 Å². The van der Waals surface area contributed by atoms with Gasteiger partial charge in [0.1, 0.15) is 12.4 Å². The molecule has 1 aliphatic heterocycles. The first kappa shape index (κ1) is 7.44. The van der Waals surface area contributed by atoms with Gasteiger partial charge >= 0.3 is 0 Å². The van der Waals surface area contributed by atoms with Crippen LogP contribution in [0.25, 0.3) is 5.69 Å². The van der Waals surface area contributed by atoms with Gasteiger partial charge in [0, 0.05) is 5.69 Å². The molecule has 2 aromatic rings. The lowest BCUT2D eigenvalue weighted by Gasteiger charge is -2.19. The standard InChI is InChI=1S/C10H9N3O/c11-7-1-2-10-9(3-7)13-6-12-4-8(13)5-14-10/h1-4,6H,5,11H2. The van der Waals surface area contributed by atoms with Crippen LogP contribution in [0.1, 0.15) is 5.69 Å². The lowest BCUT2D eigenvalue weighted by Crippen LogP contribution is -2.11. The SMILES string of the molecule is Nc1ccc2c(c1)-n1cncc1CO2. The first-order chi connectivity index (χ1) is 6.84. The van der Waals surface area contributed by atoms with Crippen molar-refractivity contribution in [2.24, 2.45) is 0 Å². The Kier molecular flexibility index (Phi) is 1.33. The zero-order chi connectivity index (χ0) is 9.54. The van der Waals surface area contributed by atoms with E-state index in [1.807, 2.05) is 22.8 Å². The van der Waals surface area contributed by atoms with E-state index in [-0.39, 0.29) is 0 Å². The van der Waals surface area contributed by atoms with Gasteiger partial charge in [-0.3, -0.25) is 4.57 Å². The molecule has 0 bridgehead atoms. The number of nitrogen functional groups attached to an aromatic ring is 1. The Balaban J connectivity index is 2.28. The molecule has 3 rings (SSSR count). The zero-order valence-electron chi connectivity index (χ0n) is 7.47. The normalized spacial score (nSPS) is 12.9. The molecule has 0 spiro atoms. The first-order valence-electron chi connectivity index (χ1n) is 4.38. The van der Waals surface area contributed by atoms with Gasteiger partial charge in [-0.2, -0.15) is 0 Å². The molecular formula is C10H9N3O. The Morgan fingerprint density at radius 3 is 3.29 bits per heavy atom. The summed E-state index contributed by atoms with van der Waals surface area (Å²) in [6.07, 6.45) is 3.57. The minimum Gasteiger partial charge on any atom is -0.485 e. The summed E-state index contributed by atoms with van der Waals surface area (Å²) in [5.41, 5.74) is 8.46. The Morgan fingerprint density at radius 1 is 1.43 bits per heavy atom. The predicted octanol–water partition coefficient (Wildman–Crippen LogP) is 1.35. The largest absolute Gasteiger partial charge is 0.485 e. The topological polar surface area (TPSA) is 53.1 Å². The summed E-state index contributed by atoms with van der Waals surface area (Å²) in [5.74, 6) is 0.852. The van der Waals surface area contributed by atoms with Crippen molar-refractivity contribution in [3.63, 3.8) is 0 Å². The maximum absolute atomic E-state index is 5.72. The summed E-state index contributed by atoms with van der Waals surface area (Å²) < 4.78 is 7.54. The molecule has 0 unspecified atom stereocenters. The van der Waals surface area contributed by atoms with Crippen LogP contribution in [-0.2, 0) is 6.61 Å². The molecular weight excluding hydrogens is 178 g/mol. The number of rotatable bonds is 0. The summed E-state index contributed by atoms with van der Waals surface area (Å²) in [4.78, 5) is 4.07. The van der Waals surface area contributed by atoms with Gasteiger partial charge in [-0.05, 0) is 18.2 Å². The van der Waals surface area contributed by atoms with Crippen LogP contribution in [0.3, 0.4) is 0 Å². The van der Waals surface area contributed by atoms with Crippen molar-refractivity contribution in [3.8, 4) is 11.4 Å². The van der Waals surface area contributed by atoms with E-state index >= 15 is 0 Å². The molecule has 0 fully saturated rings. The Bertz CT molecular complexity index is 490. The number of benzene rings is 1. The Morgan fingerprint density at radius 2 is 2.36 bits per heavy atom. The van der Waals surface area contributed by atoms with E-state index in [1.54, 1.807) is 12.5 Å². The van der Waals surface area contributed by atoms with Crippen LogP contribution in [-0.4, -0.2) is 9.55 Å². The summed E-state index contributed by atoms with van der Waals surface area (Å²) in [6, 6.07) is 5.61. The maximum atomic E-state index is 5.72. The van der Waals surface area contributed by atoms with E-state index in [1.165, 1.54) is 0 Å². The van der Waals surface area contributed by atoms with Crippen LogP contribution < -0.4 is 10.5 Å². The Hall–Kier alpha value is -1.97.